The van der Waals surface area contributed by atoms with Gasteiger partial charge in [-0.2, -0.15) is 0 Å². The Morgan fingerprint density at radius 1 is 0.375 bits per heavy atom. The number of hydrogen-bond donors (Lipinski definition) is 0. The highest BCUT2D eigenvalue weighted by molar-refractivity contribution is 6.24. The Bertz CT molecular complexity index is 1370. The second-order valence-corrected chi connectivity index (χ2v) is 8.18. The summed E-state index contributed by atoms with van der Waals surface area (Å²) in [4.78, 5) is 0. The predicted molar refractivity (Wildman–Crippen MR) is 134 cm³/mol. The molecule has 0 atom stereocenters. The zero-order chi connectivity index (χ0) is 21.7. The molecular weight excluding hydrogens is 392 g/mol. The molecule has 2 nitrogen and oxygen atoms in total. The highest BCUT2D eigenvalue weighted by Gasteiger charge is 2.12. The standard InChI is InChI=1S/C30H22O2/c1-31-27-11-7-19(8-12-27)25-15-21-3-5-23-17-26(20-9-13-28(32-2)14-10-20)18-24-6-4-22(16-25)29(21)30(23)24/h3-18H,1-2H3. The Labute approximate surface area is 187 Å². The molecule has 154 valence electrons. The second-order valence-electron chi connectivity index (χ2n) is 8.18. The largest absolute Gasteiger partial charge is 0.497 e. The monoisotopic (exact) mass is 414 g/mol. The third-order valence-electron chi connectivity index (χ3n) is 6.38. The Hall–Kier alpha value is -4.04. The van der Waals surface area contributed by atoms with E-state index in [1.165, 1.54) is 54.6 Å². The summed E-state index contributed by atoms with van der Waals surface area (Å²) in [6, 6.07) is 34.7. The molecule has 0 amide bonds. The van der Waals surface area contributed by atoms with Crippen LogP contribution in [0.15, 0.2) is 97.1 Å². The maximum atomic E-state index is 5.31. The Morgan fingerprint density at radius 3 is 0.969 bits per heavy atom. The average Bonchev–Trinajstić information content (AvgIpc) is 2.87. The first-order valence-electron chi connectivity index (χ1n) is 10.7. The van der Waals surface area contributed by atoms with Crippen LogP contribution in [0.2, 0.25) is 0 Å². The minimum atomic E-state index is 0.874. The molecule has 6 aromatic carbocycles. The quantitative estimate of drug-likeness (QED) is 0.273. The van der Waals surface area contributed by atoms with E-state index in [1.807, 2.05) is 24.3 Å². The SMILES string of the molecule is COc1ccc(-c2cc3ccc4cc(-c5ccc(OC)cc5)cc5ccc(c2)c3c45)cc1. The molecule has 0 radical (unpaired) electrons. The summed E-state index contributed by atoms with van der Waals surface area (Å²) >= 11 is 0. The van der Waals surface area contributed by atoms with Gasteiger partial charge in [0.1, 0.15) is 11.5 Å². The lowest BCUT2D eigenvalue weighted by molar-refractivity contribution is 0.415. The normalized spacial score (nSPS) is 11.4. The Morgan fingerprint density at radius 2 is 0.688 bits per heavy atom. The Balaban J connectivity index is 1.53. The van der Waals surface area contributed by atoms with Crippen LogP contribution in [0.1, 0.15) is 0 Å². The summed E-state index contributed by atoms with van der Waals surface area (Å²) in [5, 5.41) is 7.73. The highest BCUT2D eigenvalue weighted by Crippen LogP contribution is 2.39. The molecule has 0 bridgehead atoms. The van der Waals surface area contributed by atoms with Gasteiger partial charge in [-0.3, -0.25) is 0 Å². The van der Waals surface area contributed by atoms with Crippen LogP contribution in [0, 0.1) is 0 Å². The van der Waals surface area contributed by atoms with E-state index in [4.69, 9.17) is 9.47 Å². The first kappa shape index (κ1) is 18.7. The Kier molecular flexibility index (Phi) is 4.26. The van der Waals surface area contributed by atoms with Crippen molar-refractivity contribution in [3.63, 3.8) is 0 Å². The van der Waals surface area contributed by atoms with Crippen LogP contribution in [0.3, 0.4) is 0 Å². The number of rotatable bonds is 4. The number of hydrogen-bond acceptors (Lipinski definition) is 2. The number of ether oxygens (including phenoxy) is 2. The van der Waals surface area contributed by atoms with Gasteiger partial charge in [0.15, 0.2) is 0 Å². The van der Waals surface area contributed by atoms with Crippen LogP contribution in [0.4, 0.5) is 0 Å². The summed E-state index contributed by atoms with van der Waals surface area (Å²) in [6.45, 7) is 0. The van der Waals surface area contributed by atoms with Crippen LogP contribution in [0.5, 0.6) is 11.5 Å². The van der Waals surface area contributed by atoms with Gasteiger partial charge in [-0.05, 0) is 103 Å². The molecule has 0 saturated carbocycles. The zero-order valence-corrected chi connectivity index (χ0v) is 18.1. The lowest BCUT2D eigenvalue weighted by Crippen LogP contribution is -1.88. The molecule has 0 spiro atoms. The molecule has 6 rings (SSSR count). The molecule has 6 aromatic rings. The summed E-state index contributed by atoms with van der Waals surface area (Å²) in [6.07, 6.45) is 0. The molecule has 0 unspecified atom stereocenters. The fourth-order valence-electron chi connectivity index (χ4n) is 4.74. The van der Waals surface area contributed by atoms with E-state index in [1.54, 1.807) is 14.2 Å². The van der Waals surface area contributed by atoms with E-state index in [-0.39, 0.29) is 0 Å². The van der Waals surface area contributed by atoms with Crippen molar-refractivity contribution in [3.8, 4) is 33.8 Å². The molecular formula is C30H22O2. The van der Waals surface area contributed by atoms with E-state index < -0.39 is 0 Å². The topological polar surface area (TPSA) is 18.5 Å². The molecule has 0 aromatic heterocycles. The van der Waals surface area contributed by atoms with Gasteiger partial charge >= 0.3 is 0 Å². The predicted octanol–water partition coefficient (Wildman–Crippen LogP) is 7.94. The van der Waals surface area contributed by atoms with E-state index in [0.717, 1.165) is 11.5 Å². The summed E-state index contributed by atoms with van der Waals surface area (Å²) in [5.41, 5.74) is 4.83. The van der Waals surface area contributed by atoms with Gasteiger partial charge in [0, 0.05) is 0 Å². The van der Waals surface area contributed by atoms with Crippen LogP contribution in [-0.4, -0.2) is 14.2 Å². The van der Waals surface area contributed by atoms with Gasteiger partial charge in [-0.15, -0.1) is 0 Å². The summed E-state index contributed by atoms with van der Waals surface area (Å²) < 4.78 is 10.6. The molecule has 0 aliphatic heterocycles. The van der Waals surface area contributed by atoms with Crippen LogP contribution in [0.25, 0.3) is 54.6 Å². The fourth-order valence-corrected chi connectivity index (χ4v) is 4.74. The minimum Gasteiger partial charge on any atom is -0.497 e. The van der Waals surface area contributed by atoms with Crippen molar-refractivity contribution >= 4 is 32.3 Å². The van der Waals surface area contributed by atoms with Gasteiger partial charge < -0.3 is 9.47 Å². The lowest BCUT2D eigenvalue weighted by atomic mass is 9.89. The van der Waals surface area contributed by atoms with Crippen molar-refractivity contribution < 1.29 is 9.47 Å². The van der Waals surface area contributed by atoms with Gasteiger partial charge in [-0.1, -0.05) is 48.5 Å². The molecule has 2 heteroatoms. The summed E-state index contributed by atoms with van der Waals surface area (Å²) in [5.74, 6) is 1.75. The van der Waals surface area contributed by atoms with Gasteiger partial charge in [-0.25, -0.2) is 0 Å². The summed E-state index contributed by atoms with van der Waals surface area (Å²) in [7, 11) is 3.39. The average molecular weight is 415 g/mol. The van der Waals surface area contributed by atoms with E-state index in [9.17, 15) is 0 Å². The van der Waals surface area contributed by atoms with Gasteiger partial charge in [0.05, 0.1) is 14.2 Å². The van der Waals surface area contributed by atoms with Crippen molar-refractivity contribution in [1.82, 2.24) is 0 Å². The zero-order valence-electron chi connectivity index (χ0n) is 18.1. The molecule has 0 aliphatic carbocycles. The number of benzene rings is 6. The van der Waals surface area contributed by atoms with Gasteiger partial charge in [0.25, 0.3) is 0 Å². The van der Waals surface area contributed by atoms with Crippen molar-refractivity contribution in [2.24, 2.45) is 0 Å². The fraction of sp³-hybridized carbons (Fsp3) is 0.0667. The molecule has 0 N–H and O–H groups in total. The molecule has 32 heavy (non-hydrogen) atoms. The number of methoxy groups -OCH3 is 2. The highest BCUT2D eigenvalue weighted by atomic mass is 16.5. The second kappa shape index (κ2) is 7.28. The van der Waals surface area contributed by atoms with Gasteiger partial charge in [0.2, 0.25) is 0 Å². The van der Waals surface area contributed by atoms with E-state index >= 15 is 0 Å². The van der Waals surface area contributed by atoms with Crippen LogP contribution in [-0.2, 0) is 0 Å². The third kappa shape index (κ3) is 2.96. The van der Waals surface area contributed by atoms with Crippen LogP contribution < -0.4 is 9.47 Å². The van der Waals surface area contributed by atoms with Crippen molar-refractivity contribution in [1.29, 1.82) is 0 Å². The van der Waals surface area contributed by atoms with Crippen LogP contribution >= 0.6 is 0 Å². The molecule has 0 heterocycles. The molecule has 0 saturated heterocycles. The maximum absolute atomic E-state index is 5.31. The van der Waals surface area contributed by atoms with E-state index in [2.05, 4.69) is 72.8 Å². The minimum absolute atomic E-state index is 0.874. The van der Waals surface area contributed by atoms with E-state index in [0.29, 0.717) is 0 Å². The third-order valence-corrected chi connectivity index (χ3v) is 6.38. The van der Waals surface area contributed by atoms with Crippen molar-refractivity contribution in [2.45, 2.75) is 0 Å². The first-order chi connectivity index (χ1) is 15.7. The smallest absolute Gasteiger partial charge is 0.118 e. The first-order valence-corrected chi connectivity index (χ1v) is 10.7. The molecule has 0 aliphatic rings. The lowest BCUT2D eigenvalue weighted by Gasteiger charge is -2.15. The maximum Gasteiger partial charge on any atom is 0.118 e. The molecule has 0 fully saturated rings. The van der Waals surface area contributed by atoms with Crippen molar-refractivity contribution in [2.75, 3.05) is 14.2 Å². The van der Waals surface area contributed by atoms with Crippen molar-refractivity contribution in [3.05, 3.63) is 97.1 Å².